The van der Waals surface area contributed by atoms with Crippen molar-refractivity contribution in [2.45, 2.75) is 11.5 Å². The fourth-order valence-electron chi connectivity index (χ4n) is 2.51. The molecule has 12 heteroatoms. The van der Waals surface area contributed by atoms with E-state index < -0.39 is 10.0 Å². The maximum Gasteiger partial charge on any atom is 0.242 e. The fraction of sp³-hybridized carbons (Fsp3) is 0.250. The van der Waals surface area contributed by atoms with Gasteiger partial charge in [-0.25, -0.2) is 17.7 Å². The van der Waals surface area contributed by atoms with Crippen LogP contribution >= 0.6 is 11.3 Å². The summed E-state index contributed by atoms with van der Waals surface area (Å²) in [6.07, 6.45) is 3.64. The van der Waals surface area contributed by atoms with Gasteiger partial charge >= 0.3 is 0 Å². The molecule has 146 valence electrons. The molecule has 0 unspecified atom stereocenters. The molecular formula is C16H17N7O3S2. The zero-order valence-corrected chi connectivity index (χ0v) is 17.0. The number of hydrogen-bond acceptors (Lipinski definition) is 8. The minimum Gasteiger partial charge on any atom is -0.388 e. The average Bonchev–Trinajstić information content (AvgIpc) is 3.38. The van der Waals surface area contributed by atoms with E-state index in [0.717, 1.165) is 20.6 Å². The predicted octanol–water partition coefficient (Wildman–Crippen LogP) is 1.17. The lowest BCUT2D eigenvalue weighted by atomic mass is 10.3. The zero-order valence-electron chi connectivity index (χ0n) is 15.3. The van der Waals surface area contributed by atoms with Crippen molar-refractivity contribution in [2.75, 3.05) is 14.1 Å². The third kappa shape index (κ3) is 3.37. The normalized spacial score (nSPS) is 12.1. The monoisotopic (exact) mass is 419 g/mol. The van der Waals surface area contributed by atoms with Crippen LogP contribution < -0.4 is 4.84 Å². The number of sulfonamides is 1. The third-order valence-electron chi connectivity index (χ3n) is 4.00. The molecule has 0 bridgehead atoms. The lowest BCUT2D eigenvalue weighted by Gasteiger charge is -2.11. The lowest BCUT2D eigenvalue weighted by Crippen LogP contribution is -2.22. The number of hydrogen-bond donors (Lipinski definition) is 0. The van der Waals surface area contributed by atoms with Gasteiger partial charge in [-0.2, -0.15) is 5.10 Å². The molecule has 0 fully saturated rings. The van der Waals surface area contributed by atoms with Crippen LogP contribution in [0.4, 0.5) is 0 Å². The summed E-state index contributed by atoms with van der Waals surface area (Å²) in [6, 6.07) is 4.59. The average molecular weight is 419 g/mol. The molecule has 1 aromatic carbocycles. The summed E-state index contributed by atoms with van der Waals surface area (Å²) in [5.41, 5.74) is 2.66. The summed E-state index contributed by atoms with van der Waals surface area (Å²) in [5.74, 6) is 0. The Morgan fingerprint density at radius 3 is 2.82 bits per heavy atom. The summed E-state index contributed by atoms with van der Waals surface area (Å²) in [4.78, 5) is 11.6. The molecular weight excluding hydrogens is 402 g/mol. The molecule has 0 N–H and O–H groups in total. The van der Waals surface area contributed by atoms with Crippen molar-refractivity contribution in [3.63, 3.8) is 0 Å². The molecule has 4 aromatic rings. The topological polar surface area (TPSA) is 108 Å². The van der Waals surface area contributed by atoms with Crippen LogP contribution in [0.3, 0.4) is 0 Å². The highest BCUT2D eigenvalue weighted by Gasteiger charge is 2.19. The molecule has 0 aliphatic carbocycles. The van der Waals surface area contributed by atoms with Gasteiger partial charge in [0.05, 0.1) is 16.8 Å². The van der Waals surface area contributed by atoms with E-state index in [1.54, 1.807) is 16.9 Å². The van der Waals surface area contributed by atoms with Crippen molar-refractivity contribution in [3.05, 3.63) is 41.7 Å². The quantitative estimate of drug-likeness (QED) is 0.461. The molecule has 0 aliphatic heterocycles. The third-order valence-corrected chi connectivity index (χ3v) is 6.75. The summed E-state index contributed by atoms with van der Waals surface area (Å²) in [5, 5.41) is 14.8. The van der Waals surface area contributed by atoms with Crippen LogP contribution in [0.5, 0.6) is 0 Å². The van der Waals surface area contributed by atoms with Crippen molar-refractivity contribution in [1.29, 1.82) is 0 Å². The van der Waals surface area contributed by atoms with Gasteiger partial charge in [-0.05, 0) is 23.4 Å². The molecule has 0 aliphatic rings. The second-order valence-electron chi connectivity index (χ2n) is 6.22. The van der Waals surface area contributed by atoms with E-state index in [-0.39, 0.29) is 11.5 Å². The molecule has 0 amide bonds. The summed E-state index contributed by atoms with van der Waals surface area (Å²) < 4.78 is 27.6. The van der Waals surface area contributed by atoms with Crippen molar-refractivity contribution < 1.29 is 13.3 Å². The molecule has 0 saturated carbocycles. The molecule has 0 atom stereocenters. The van der Waals surface area contributed by atoms with E-state index in [2.05, 4.69) is 20.4 Å². The van der Waals surface area contributed by atoms with Gasteiger partial charge in [-0.15, -0.1) is 16.4 Å². The molecule has 3 aromatic heterocycles. The number of rotatable bonds is 6. The van der Waals surface area contributed by atoms with E-state index in [4.69, 9.17) is 4.84 Å². The van der Waals surface area contributed by atoms with Crippen LogP contribution in [0.15, 0.2) is 40.9 Å². The van der Waals surface area contributed by atoms with Gasteiger partial charge in [0.2, 0.25) is 10.0 Å². The van der Waals surface area contributed by atoms with Gasteiger partial charge in [-0.3, -0.25) is 4.68 Å². The Morgan fingerprint density at radius 1 is 1.29 bits per heavy atom. The Balaban J connectivity index is 1.56. The molecule has 28 heavy (non-hydrogen) atoms. The van der Waals surface area contributed by atoms with Crippen LogP contribution in [0.1, 0.15) is 5.69 Å². The second-order valence-corrected chi connectivity index (χ2v) is 9.23. The molecule has 0 spiro atoms. The first-order chi connectivity index (χ1) is 13.3. The van der Waals surface area contributed by atoms with E-state index in [9.17, 15) is 8.42 Å². The van der Waals surface area contributed by atoms with Gasteiger partial charge in [0.25, 0.3) is 0 Å². The van der Waals surface area contributed by atoms with Crippen molar-refractivity contribution in [2.24, 2.45) is 7.05 Å². The Hall–Kier alpha value is -2.83. The number of fused-ring (bicyclic) bond motifs is 1. The van der Waals surface area contributed by atoms with Gasteiger partial charge in [0.15, 0.2) is 6.61 Å². The largest absolute Gasteiger partial charge is 0.388 e. The number of aromatic nitrogens is 6. The Morgan fingerprint density at radius 2 is 2.11 bits per heavy atom. The summed E-state index contributed by atoms with van der Waals surface area (Å²) >= 11 is 1.49. The number of nitrogens with zero attached hydrogens (tertiary/aromatic N) is 7. The van der Waals surface area contributed by atoms with E-state index >= 15 is 0 Å². The van der Waals surface area contributed by atoms with Crippen LogP contribution in [0.25, 0.3) is 21.6 Å². The minimum atomic E-state index is -3.57. The van der Waals surface area contributed by atoms with Crippen LogP contribution in [0.2, 0.25) is 0 Å². The molecule has 0 saturated heterocycles. The smallest absolute Gasteiger partial charge is 0.242 e. The molecule has 10 nitrogen and oxygen atoms in total. The highest BCUT2D eigenvalue weighted by atomic mass is 32.2. The van der Waals surface area contributed by atoms with Gasteiger partial charge in [-0.1, -0.05) is 4.85 Å². The molecule has 3 heterocycles. The Bertz CT molecular complexity index is 1240. The number of benzene rings is 1. The number of thiazole rings is 1. The Kier molecular flexibility index (Phi) is 4.61. The number of aryl methyl sites for hydroxylation is 1. The van der Waals surface area contributed by atoms with Crippen LogP contribution in [-0.4, -0.2) is 56.7 Å². The highest BCUT2D eigenvalue weighted by Crippen LogP contribution is 2.23. The molecule has 4 rings (SSSR count). The first kappa shape index (κ1) is 18.5. The SMILES string of the molecule is CN(C)S(=O)(=O)c1ccc2nnn(OCc3csc(-c4cnn(C)c4)n3)c2c1. The lowest BCUT2D eigenvalue weighted by molar-refractivity contribution is 0.0734. The Labute approximate surface area is 165 Å². The van der Waals surface area contributed by atoms with Gasteiger partial charge in [0.1, 0.15) is 16.0 Å². The molecule has 0 radical (unpaired) electrons. The predicted molar refractivity (Wildman–Crippen MR) is 103 cm³/mol. The van der Waals surface area contributed by atoms with Crippen LogP contribution in [0, 0.1) is 0 Å². The summed E-state index contributed by atoms with van der Waals surface area (Å²) in [6.45, 7) is 0.167. The minimum absolute atomic E-state index is 0.143. The fourth-order valence-corrected chi connectivity index (χ4v) is 4.21. The first-order valence-electron chi connectivity index (χ1n) is 8.19. The van der Waals surface area contributed by atoms with Crippen LogP contribution in [-0.2, 0) is 23.7 Å². The zero-order chi connectivity index (χ0) is 19.9. The van der Waals surface area contributed by atoms with E-state index in [1.165, 1.54) is 42.4 Å². The van der Waals surface area contributed by atoms with Gasteiger partial charge in [0, 0.05) is 38.3 Å². The van der Waals surface area contributed by atoms with E-state index in [0.29, 0.717) is 11.0 Å². The van der Waals surface area contributed by atoms with Crippen molar-refractivity contribution in [1.82, 2.24) is 34.2 Å². The maximum absolute atomic E-state index is 12.3. The van der Waals surface area contributed by atoms with E-state index in [1.807, 2.05) is 18.6 Å². The van der Waals surface area contributed by atoms with Crippen molar-refractivity contribution in [3.8, 4) is 10.6 Å². The van der Waals surface area contributed by atoms with Gasteiger partial charge < -0.3 is 4.84 Å². The maximum atomic E-state index is 12.3. The highest BCUT2D eigenvalue weighted by molar-refractivity contribution is 7.89. The standard InChI is InChI=1S/C16H17N7O3S2/c1-21(2)28(24,25)13-4-5-14-15(6-13)23(20-19-14)26-9-12-10-27-16(18-12)11-7-17-22(3)8-11/h4-8,10H,9H2,1-3H3. The first-order valence-corrected chi connectivity index (χ1v) is 10.5. The second kappa shape index (κ2) is 6.96. The van der Waals surface area contributed by atoms with Crippen molar-refractivity contribution >= 4 is 32.4 Å². The summed E-state index contributed by atoms with van der Waals surface area (Å²) in [7, 11) is 1.24.